The highest BCUT2D eigenvalue weighted by Gasteiger charge is 2.20. The molecule has 0 fully saturated rings. The van der Waals surface area contributed by atoms with Crippen LogP contribution in [0.4, 0.5) is 0 Å². The van der Waals surface area contributed by atoms with Gasteiger partial charge in [-0.25, -0.2) is 0 Å². The van der Waals surface area contributed by atoms with Crippen LogP contribution >= 0.6 is 0 Å². The van der Waals surface area contributed by atoms with Crippen molar-refractivity contribution in [2.75, 3.05) is 0 Å². The summed E-state index contributed by atoms with van der Waals surface area (Å²) in [4.78, 5) is 0. The minimum Gasteiger partial charge on any atom is -0.103 e. The normalized spacial score (nSPS) is 11.1. The Hall–Kier alpha value is -1.30. The fraction of sp³-hybridized carbons (Fsp3) is 0.375. The average molecular weight is 214 g/mol. The Morgan fingerprint density at radius 3 is 2.12 bits per heavy atom. The first kappa shape index (κ1) is 12.8. The maximum absolute atomic E-state index is 3.85. The van der Waals surface area contributed by atoms with Crippen molar-refractivity contribution in [3.05, 3.63) is 61.2 Å². The van der Waals surface area contributed by atoms with Crippen LogP contribution in [0.2, 0.25) is 0 Å². The molecule has 0 nitrogen and oxygen atoms in total. The number of aryl methyl sites for hydroxylation is 1. The van der Waals surface area contributed by atoms with Gasteiger partial charge in [0.15, 0.2) is 0 Å². The molecule has 0 aliphatic rings. The van der Waals surface area contributed by atoms with Gasteiger partial charge in [-0.3, -0.25) is 0 Å². The molecule has 0 N–H and O–H groups in total. The Labute approximate surface area is 99.7 Å². The van der Waals surface area contributed by atoms with Gasteiger partial charge in [0.2, 0.25) is 0 Å². The van der Waals surface area contributed by atoms with Crippen LogP contribution in [-0.4, -0.2) is 0 Å². The van der Waals surface area contributed by atoms with Crippen molar-refractivity contribution < 1.29 is 0 Å². The maximum atomic E-state index is 3.85. The van der Waals surface area contributed by atoms with E-state index in [9.17, 15) is 0 Å². The van der Waals surface area contributed by atoms with E-state index in [1.807, 2.05) is 12.2 Å². The molecule has 0 spiro atoms. The summed E-state index contributed by atoms with van der Waals surface area (Å²) in [5.41, 5.74) is 1.74. The van der Waals surface area contributed by atoms with Gasteiger partial charge in [0.05, 0.1) is 0 Å². The van der Waals surface area contributed by atoms with Crippen LogP contribution in [0.1, 0.15) is 31.7 Å². The zero-order valence-electron chi connectivity index (χ0n) is 10.3. The van der Waals surface area contributed by atoms with E-state index in [1.54, 1.807) is 0 Å². The van der Waals surface area contributed by atoms with Crippen LogP contribution in [-0.2, 0) is 6.42 Å². The predicted octanol–water partition coefficient (Wildman–Crippen LogP) is 4.78. The van der Waals surface area contributed by atoms with Crippen LogP contribution in [0.5, 0.6) is 0 Å². The van der Waals surface area contributed by atoms with Gasteiger partial charge < -0.3 is 0 Å². The summed E-state index contributed by atoms with van der Waals surface area (Å²) in [5.74, 6) is 0. The average Bonchev–Trinajstić information content (AvgIpc) is 2.29. The van der Waals surface area contributed by atoms with Crippen molar-refractivity contribution >= 4 is 0 Å². The summed E-state index contributed by atoms with van der Waals surface area (Å²) in [6.07, 6.45) is 8.49. The molecule has 0 aromatic heterocycles. The van der Waals surface area contributed by atoms with Crippen molar-refractivity contribution in [1.82, 2.24) is 0 Å². The second-order valence-electron chi connectivity index (χ2n) is 4.78. The number of benzene rings is 1. The lowest BCUT2D eigenvalue weighted by molar-refractivity contribution is 0.305. The highest BCUT2D eigenvalue weighted by molar-refractivity contribution is 5.15. The summed E-state index contributed by atoms with van der Waals surface area (Å²) in [6.45, 7) is 10.0. The molecule has 16 heavy (non-hydrogen) atoms. The van der Waals surface area contributed by atoms with Gasteiger partial charge in [-0.05, 0) is 36.7 Å². The zero-order valence-corrected chi connectivity index (χ0v) is 10.3. The Bertz CT molecular complexity index is 311. The number of rotatable bonds is 7. The summed E-state index contributed by atoms with van der Waals surface area (Å²) < 4.78 is 0. The van der Waals surface area contributed by atoms with Crippen LogP contribution in [0.25, 0.3) is 0 Å². The lowest BCUT2D eigenvalue weighted by Crippen LogP contribution is -2.15. The molecule has 0 heterocycles. The van der Waals surface area contributed by atoms with Crippen molar-refractivity contribution in [2.24, 2.45) is 5.41 Å². The molecule has 0 bridgehead atoms. The third-order valence-corrected chi connectivity index (χ3v) is 3.13. The van der Waals surface area contributed by atoms with E-state index in [-0.39, 0.29) is 0 Å². The smallest absolute Gasteiger partial charge is 0.0254 e. The fourth-order valence-corrected chi connectivity index (χ4v) is 2.08. The molecule has 1 aromatic carbocycles. The molecule has 0 saturated heterocycles. The predicted molar refractivity (Wildman–Crippen MR) is 72.5 cm³/mol. The summed E-state index contributed by atoms with van der Waals surface area (Å²) in [6, 6.07) is 10.7. The fourth-order valence-electron chi connectivity index (χ4n) is 2.08. The number of hydrogen-bond acceptors (Lipinski definition) is 0. The van der Waals surface area contributed by atoms with E-state index in [2.05, 4.69) is 50.4 Å². The minimum absolute atomic E-state index is 0.319. The first-order valence-corrected chi connectivity index (χ1v) is 5.96. The minimum atomic E-state index is 0.319. The van der Waals surface area contributed by atoms with Crippen LogP contribution < -0.4 is 0 Å². The standard InChI is InChI=1S/C16H22/c1-4-12-16(3,13-5-2)14-11-15-9-7-6-8-10-15/h4-10H,1-2,11-14H2,3H3. The van der Waals surface area contributed by atoms with Crippen LogP contribution in [0, 0.1) is 5.41 Å². The topological polar surface area (TPSA) is 0 Å². The Morgan fingerprint density at radius 1 is 1.06 bits per heavy atom. The third-order valence-electron chi connectivity index (χ3n) is 3.13. The molecule has 0 aliphatic heterocycles. The van der Waals surface area contributed by atoms with E-state index >= 15 is 0 Å². The van der Waals surface area contributed by atoms with E-state index in [1.165, 1.54) is 12.0 Å². The highest BCUT2D eigenvalue weighted by Crippen LogP contribution is 2.32. The number of allylic oxidation sites excluding steroid dienone is 2. The monoisotopic (exact) mass is 214 g/mol. The molecule has 0 radical (unpaired) electrons. The van der Waals surface area contributed by atoms with Gasteiger partial charge in [0.1, 0.15) is 0 Å². The third kappa shape index (κ3) is 4.06. The first-order chi connectivity index (χ1) is 7.70. The van der Waals surface area contributed by atoms with Crippen LogP contribution in [0.3, 0.4) is 0 Å². The van der Waals surface area contributed by atoms with Crippen molar-refractivity contribution in [2.45, 2.75) is 32.6 Å². The molecule has 86 valence electrons. The van der Waals surface area contributed by atoms with Gasteiger partial charge in [0, 0.05) is 0 Å². The lowest BCUT2D eigenvalue weighted by atomic mass is 9.78. The zero-order chi connectivity index (χ0) is 11.9. The second kappa shape index (κ2) is 6.32. The molecular weight excluding hydrogens is 192 g/mol. The molecule has 0 amide bonds. The SMILES string of the molecule is C=CCC(C)(CC=C)CCc1ccccc1. The van der Waals surface area contributed by atoms with Gasteiger partial charge in [-0.2, -0.15) is 0 Å². The summed E-state index contributed by atoms with van der Waals surface area (Å²) in [7, 11) is 0. The first-order valence-electron chi connectivity index (χ1n) is 5.96. The molecule has 0 heteroatoms. The quantitative estimate of drug-likeness (QED) is 0.573. The Morgan fingerprint density at radius 2 is 1.62 bits per heavy atom. The molecule has 0 atom stereocenters. The van der Waals surface area contributed by atoms with Crippen molar-refractivity contribution in [3.8, 4) is 0 Å². The Balaban J connectivity index is 2.56. The van der Waals surface area contributed by atoms with Crippen LogP contribution in [0.15, 0.2) is 55.6 Å². The van der Waals surface area contributed by atoms with Crippen molar-refractivity contribution in [1.29, 1.82) is 0 Å². The van der Waals surface area contributed by atoms with Gasteiger partial charge >= 0.3 is 0 Å². The number of hydrogen-bond donors (Lipinski definition) is 0. The summed E-state index contributed by atoms with van der Waals surface area (Å²) in [5, 5.41) is 0. The summed E-state index contributed by atoms with van der Waals surface area (Å²) >= 11 is 0. The molecule has 1 aromatic rings. The lowest BCUT2D eigenvalue weighted by Gasteiger charge is -2.27. The molecule has 1 rings (SSSR count). The largest absolute Gasteiger partial charge is 0.103 e. The molecular formula is C16H22. The van der Waals surface area contributed by atoms with E-state index in [0.29, 0.717) is 5.41 Å². The molecule has 0 saturated carbocycles. The second-order valence-corrected chi connectivity index (χ2v) is 4.78. The van der Waals surface area contributed by atoms with E-state index in [4.69, 9.17) is 0 Å². The molecule has 0 unspecified atom stereocenters. The van der Waals surface area contributed by atoms with Gasteiger partial charge in [0.25, 0.3) is 0 Å². The van der Waals surface area contributed by atoms with E-state index in [0.717, 1.165) is 19.3 Å². The maximum Gasteiger partial charge on any atom is -0.0254 e. The van der Waals surface area contributed by atoms with E-state index < -0.39 is 0 Å². The molecule has 0 aliphatic carbocycles. The van der Waals surface area contributed by atoms with Crippen molar-refractivity contribution in [3.63, 3.8) is 0 Å². The Kier molecular flexibility index (Phi) is 5.04. The van der Waals surface area contributed by atoms with Gasteiger partial charge in [-0.1, -0.05) is 49.4 Å². The highest BCUT2D eigenvalue weighted by atomic mass is 14.2. The van der Waals surface area contributed by atoms with Gasteiger partial charge in [-0.15, -0.1) is 13.2 Å².